The molecule has 2 aromatic rings. The number of aromatic nitrogens is 1. The number of pyridine rings is 1. The predicted octanol–water partition coefficient (Wildman–Crippen LogP) is 2.55. The van der Waals surface area contributed by atoms with Crippen molar-refractivity contribution in [3.8, 4) is 5.75 Å². The molecule has 0 saturated heterocycles. The SMILES string of the molecule is Cc1cc(O)c(Sc2ccccc2)c(=O)n1C. The van der Waals surface area contributed by atoms with Crippen molar-refractivity contribution in [2.75, 3.05) is 0 Å². The Hall–Kier alpha value is -1.68. The number of nitrogens with zero attached hydrogens (tertiary/aromatic N) is 1. The van der Waals surface area contributed by atoms with Crippen molar-refractivity contribution in [3.63, 3.8) is 0 Å². The highest BCUT2D eigenvalue weighted by molar-refractivity contribution is 7.99. The van der Waals surface area contributed by atoms with Crippen LogP contribution in [0, 0.1) is 6.92 Å². The van der Waals surface area contributed by atoms with E-state index >= 15 is 0 Å². The summed E-state index contributed by atoms with van der Waals surface area (Å²) in [6, 6.07) is 11.1. The maximum absolute atomic E-state index is 12.0. The molecular formula is C13H13NO2S. The lowest BCUT2D eigenvalue weighted by Crippen LogP contribution is -2.20. The number of aromatic hydroxyl groups is 1. The van der Waals surface area contributed by atoms with Crippen LogP contribution in [0.25, 0.3) is 0 Å². The molecular weight excluding hydrogens is 234 g/mol. The molecule has 88 valence electrons. The van der Waals surface area contributed by atoms with Gasteiger partial charge in [0, 0.05) is 23.7 Å². The number of hydrogen-bond acceptors (Lipinski definition) is 3. The Morgan fingerprint density at radius 3 is 2.53 bits per heavy atom. The quantitative estimate of drug-likeness (QED) is 0.886. The molecule has 0 radical (unpaired) electrons. The number of rotatable bonds is 2. The summed E-state index contributed by atoms with van der Waals surface area (Å²) in [5.74, 6) is 0.0412. The molecule has 0 bridgehead atoms. The molecule has 4 heteroatoms. The van der Waals surface area contributed by atoms with Crippen LogP contribution in [-0.4, -0.2) is 9.67 Å². The predicted molar refractivity (Wildman–Crippen MR) is 68.6 cm³/mol. The van der Waals surface area contributed by atoms with Gasteiger partial charge in [-0.25, -0.2) is 0 Å². The van der Waals surface area contributed by atoms with E-state index < -0.39 is 0 Å². The third kappa shape index (κ3) is 2.36. The Morgan fingerprint density at radius 2 is 1.88 bits per heavy atom. The lowest BCUT2D eigenvalue weighted by molar-refractivity contribution is 0.455. The molecule has 1 aromatic heterocycles. The van der Waals surface area contributed by atoms with Crippen LogP contribution in [0.2, 0.25) is 0 Å². The van der Waals surface area contributed by atoms with Crippen LogP contribution in [0.5, 0.6) is 5.75 Å². The molecule has 0 unspecified atom stereocenters. The standard InChI is InChI=1S/C13H13NO2S/c1-9-8-11(15)12(13(16)14(9)2)17-10-6-4-3-5-7-10/h3-8,15H,1-2H3. The molecule has 0 aliphatic carbocycles. The van der Waals surface area contributed by atoms with E-state index in [9.17, 15) is 9.90 Å². The second-order valence-corrected chi connectivity index (χ2v) is 4.86. The zero-order valence-electron chi connectivity index (χ0n) is 9.68. The molecule has 1 heterocycles. The van der Waals surface area contributed by atoms with Crippen molar-refractivity contribution in [1.82, 2.24) is 4.57 Å². The van der Waals surface area contributed by atoms with Gasteiger partial charge in [-0.15, -0.1) is 0 Å². The van der Waals surface area contributed by atoms with Gasteiger partial charge in [-0.3, -0.25) is 4.79 Å². The summed E-state index contributed by atoms with van der Waals surface area (Å²) < 4.78 is 1.53. The highest BCUT2D eigenvalue weighted by Gasteiger charge is 2.11. The lowest BCUT2D eigenvalue weighted by Gasteiger charge is -2.08. The van der Waals surface area contributed by atoms with Gasteiger partial charge >= 0.3 is 0 Å². The van der Waals surface area contributed by atoms with Gasteiger partial charge in [0.15, 0.2) is 0 Å². The molecule has 0 fully saturated rings. The topological polar surface area (TPSA) is 42.2 Å². The molecule has 0 aliphatic rings. The lowest BCUT2D eigenvalue weighted by atomic mass is 10.3. The van der Waals surface area contributed by atoms with E-state index in [0.29, 0.717) is 4.90 Å². The van der Waals surface area contributed by atoms with E-state index in [4.69, 9.17) is 0 Å². The maximum atomic E-state index is 12.0. The number of aryl methyl sites for hydroxylation is 1. The van der Waals surface area contributed by atoms with Crippen molar-refractivity contribution >= 4 is 11.8 Å². The summed E-state index contributed by atoms with van der Waals surface area (Å²) in [6.45, 7) is 1.79. The van der Waals surface area contributed by atoms with Gasteiger partial charge in [0.05, 0.1) is 0 Å². The van der Waals surface area contributed by atoms with Crippen molar-refractivity contribution < 1.29 is 5.11 Å². The van der Waals surface area contributed by atoms with Crippen molar-refractivity contribution in [3.05, 3.63) is 52.4 Å². The zero-order valence-corrected chi connectivity index (χ0v) is 10.5. The molecule has 0 aliphatic heterocycles. The Balaban J connectivity index is 2.47. The average molecular weight is 247 g/mol. The third-order valence-electron chi connectivity index (χ3n) is 2.57. The first-order valence-corrected chi connectivity index (χ1v) is 6.03. The first-order chi connectivity index (χ1) is 8.09. The average Bonchev–Trinajstić information content (AvgIpc) is 2.33. The van der Waals surface area contributed by atoms with Crippen LogP contribution in [0.1, 0.15) is 5.69 Å². The molecule has 3 nitrogen and oxygen atoms in total. The Labute approximate surface area is 104 Å². The fourth-order valence-electron chi connectivity index (χ4n) is 1.48. The zero-order chi connectivity index (χ0) is 12.4. The van der Waals surface area contributed by atoms with Crippen molar-refractivity contribution in [1.29, 1.82) is 0 Å². The van der Waals surface area contributed by atoms with E-state index in [-0.39, 0.29) is 11.3 Å². The summed E-state index contributed by atoms with van der Waals surface area (Å²) in [5.41, 5.74) is 0.571. The van der Waals surface area contributed by atoms with Gasteiger partial charge in [-0.2, -0.15) is 0 Å². The first-order valence-electron chi connectivity index (χ1n) is 5.22. The minimum Gasteiger partial charge on any atom is -0.506 e. The molecule has 2 rings (SSSR count). The minimum atomic E-state index is -0.170. The van der Waals surface area contributed by atoms with E-state index in [1.807, 2.05) is 30.3 Å². The number of hydrogen-bond donors (Lipinski definition) is 1. The van der Waals surface area contributed by atoms with Crippen LogP contribution in [0.4, 0.5) is 0 Å². The first kappa shape index (κ1) is 11.8. The van der Waals surface area contributed by atoms with Crippen LogP contribution in [0.3, 0.4) is 0 Å². The van der Waals surface area contributed by atoms with Gasteiger partial charge in [0.25, 0.3) is 5.56 Å². The van der Waals surface area contributed by atoms with Gasteiger partial charge < -0.3 is 9.67 Å². The van der Waals surface area contributed by atoms with Gasteiger partial charge in [-0.05, 0) is 19.1 Å². The molecule has 1 aromatic carbocycles. The molecule has 0 amide bonds. The van der Waals surface area contributed by atoms with Crippen LogP contribution in [0.15, 0.2) is 51.0 Å². The Kier molecular flexibility index (Phi) is 3.24. The number of benzene rings is 1. The second kappa shape index (κ2) is 4.67. The van der Waals surface area contributed by atoms with Crippen LogP contribution >= 0.6 is 11.8 Å². The van der Waals surface area contributed by atoms with Crippen molar-refractivity contribution in [2.24, 2.45) is 7.05 Å². The summed E-state index contributed by atoms with van der Waals surface area (Å²) in [4.78, 5) is 13.3. The summed E-state index contributed by atoms with van der Waals surface area (Å²) >= 11 is 1.28. The normalized spacial score (nSPS) is 10.5. The second-order valence-electron chi connectivity index (χ2n) is 3.78. The minimum absolute atomic E-state index is 0.0412. The summed E-state index contributed by atoms with van der Waals surface area (Å²) in [5, 5.41) is 9.82. The van der Waals surface area contributed by atoms with Gasteiger partial charge in [-0.1, -0.05) is 30.0 Å². The largest absolute Gasteiger partial charge is 0.506 e. The molecule has 0 saturated carbocycles. The fraction of sp³-hybridized carbons (Fsp3) is 0.154. The smallest absolute Gasteiger partial charge is 0.268 e. The van der Waals surface area contributed by atoms with E-state index in [1.54, 1.807) is 20.0 Å². The van der Waals surface area contributed by atoms with E-state index in [2.05, 4.69) is 0 Å². The summed E-state index contributed by atoms with van der Waals surface area (Å²) in [7, 11) is 1.70. The summed E-state index contributed by atoms with van der Waals surface area (Å²) in [6.07, 6.45) is 0. The molecule has 1 N–H and O–H groups in total. The molecule has 17 heavy (non-hydrogen) atoms. The molecule has 0 spiro atoms. The monoisotopic (exact) mass is 247 g/mol. The fourth-order valence-corrected chi connectivity index (χ4v) is 2.40. The van der Waals surface area contributed by atoms with Crippen LogP contribution in [-0.2, 0) is 7.05 Å². The van der Waals surface area contributed by atoms with Gasteiger partial charge in [0.1, 0.15) is 10.6 Å². The van der Waals surface area contributed by atoms with E-state index in [1.165, 1.54) is 16.3 Å². The Morgan fingerprint density at radius 1 is 1.24 bits per heavy atom. The van der Waals surface area contributed by atoms with E-state index in [0.717, 1.165) is 10.6 Å². The highest BCUT2D eigenvalue weighted by Crippen LogP contribution is 2.31. The van der Waals surface area contributed by atoms with Gasteiger partial charge in [0.2, 0.25) is 0 Å². The molecule has 0 atom stereocenters. The highest BCUT2D eigenvalue weighted by atomic mass is 32.2. The Bertz CT molecular complexity index is 590. The maximum Gasteiger partial charge on any atom is 0.268 e. The van der Waals surface area contributed by atoms with Crippen molar-refractivity contribution in [2.45, 2.75) is 16.7 Å². The van der Waals surface area contributed by atoms with Crippen LogP contribution < -0.4 is 5.56 Å². The third-order valence-corrected chi connectivity index (χ3v) is 3.67.